The molecule has 0 spiro atoms. The monoisotopic (exact) mass is 254 g/mol. The lowest BCUT2D eigenvalue weighted by Crippen LogP contribution is -2.50. The molecule has 2 fully saturated rings. The first-order valence-corrected chi connectivity index (χ1v) is 7.07. The fraction of sp³-hybridized carbons (Fsp3) is 0.929. The molecule has 2 unspecified atom stereocenters. The average molecular weight is 254 g/mol. The predicted octanol–water partition coefficient (Wildman–Crippen LogP) is 2.37. The van der Waals surface area contributed by atoms with Crippen LogP contribution in [-0.2, 0) is 4.74 Å². The second-order valence-corrected chi connectivity index (χ2v) is 6.93. The van der Waals surface area contributed by atoms with Crippen molar-refractivity contribution in [2.45, 2.75) is 58.1 Å². The molecule has 0 aromatic carbocycles. The van der Waals surface area contributed by atoms with Gasteiger partial charge in [-0.15, -0.1) is 0 Å². The molecule has 2 atom stereocenters. The topological polar surface area (TPSA) is 55.6 Å². The van der Waals surface area contributed by atoms with Gasteiger partial charge in [0.25, 0.3) is 0 Å². The van der Waals surface area contributed by atoms with Crippen molar-refractivity contribution in [3.8, 4) is 0 Å². The van der Waals surface area contributed by atoms with Crippen LogP contribution < -0.4 is 5.73 Å². The van der Waals surface area contributed by atoms with E-state index in [0.29, 0.717) is 12.5 Å². The number of hydrogen-bond acceptors (Lipinski definition) is 3. The zero-order valence-electron chi connectivity index (χ0n) is 11.8. The van der Waals surface area contributed by atoms with Crippen LogP contribution in [0.5, 0.6) is 0 Å². The molecule has 1 saturated carbocycles. The Morgan fingerprint density at radius 2 is 1.94 bits per heavy atom. The standard InChI is InChI=1S/C14H26N2O2/c1-14(2,3)18-13(17)16-8-11(6-10-4-5-10)7-12(15)9-16/h10-12H,4-9,15H2,1-3H3. The predicted molar refractivity (Wildman–Crippen MR) is 71.2 cm³/mol. The first-order valence-electron chi connectivity index (χ1n) is 7.07. The van der Waals surface area contributed by atoms with Gasteiger partial charge in [-0.2, -0.15) is 0 Å². The van der Waals surface area contributed by atoms with Crippen molar-refractivity contribution in [3.05, 3.63) is 0 Å². The van der Waals surface area contributed by atoms with Gasteiger partial charge in [-0.1, -0.05) is 12.8 Å². The van der Waals surface area contributed by atoms with Crippen LogP contribution in [0.2, 0.25) is 0 Å². The number of carbonyl (C=O) groups is 1. The number of likely N-dealkylation sites (tertiary alicyclic amines) is 1. The zero-order valence-corrected chi connectivity index (χ0v) is 11.8. The van der Waals surface area contributed by atoms with E-state index in [4.69, 9.17) is 10.5 Å². The van der Waals surface area contributed by atoms with Crippen LogP contribution in [-0.4, -0.2) is 35.7 Å². The molecule has 4 nitrogen and oxygen atoms in total. The summed E-state index contributed by atoms with van der Waals surface area (Å²) < 4.78 is 5.43. The third kappa shape index (κ3) is 4.16. The minimum Gasteiger partial charge on any atom is -0.444 e. The number of nitrogens with zero attached hydrogens (tertiary/aromatic N) is 1. The van der Waals surface area contributed by atoms with Gasteiger partial charge in [-0.25, -0.2) is 4.79 Å². The summed E-state index contributed by atoms with van der Waals surface area (Å²) >= 11 is 0. The molecule has 2 aliphatic rings. The summed E-state index contributed by atoms with van der Waals surface area (Å²) in [5.41, 5.74) is 5.64. The number of carbonyl (C=O) groups excluding carboxylic acids is 1. The highest BCUT2D eigenvalue weighted by Gasteiger charge is 2.34. The van der Waals surface area contributed by atoms with E-state index in [1.54, 1.807) is 4.90 Å². The molecule has 0 aromatic heterocycles. The van der Waals surface area contributed by atoms with Crippen molar-refractivity contribution < 1.29 is 9.53 Å². The van der Waals surface area contributed by atoms with E-state index < -0.39 is 5.60 Å². The number of nitrogens with two attached hydrogens (primary N) is 1. The molecule has 1 aliphatic carbocycles. The molecular weight excluding hydrogens is 228 g/mol. The average Bonchev–Trinajstić information content (AvgIpc) is 2.98. The molecule has 0 radical (unpaired) electrons. The van der Waals surface area contributed by atoms with Gasteiger partial charge in [-0.3, -0.25) is 0 Å². The fourth-order valence-electron chi connectivity index (χ4n) is 2.72. The van der Waals surface area contributed by atoms with Crippen LogP contribution in [0.4, 0.5) is 4.79 Å². The Kier molecular flexibility index (Phi) is 3.85. The Bertz CT molecular complexity index is 305. The third-order valence-corrected chi connectivity index (χ3v) is 3.58. The molecule has 1 aliphatic heterocycles. The maximum atomic E-state index is 12.1. The number of piperidine rings is 1. The summed E-state index contributed by atoms with van der Waals surface area (Å²) in [7, 11) is 0. The molecule has 18 heavy (non-hydrogen) atoms. The SMILES string of the molecule is CC(C)(C)OC(=O)N1CC(N)CC(CC2CC2)C1. The highest BCUT2D eigenvalue weighted by molar-refractivity contribution is 5.68. The van der Waals surface area contributed by atoms with E-state index in [0.717, 1.165) is 18.9 Å². The minimum atomic E-state index is -0.426. The Balaban J connectivity index is 1.88. The van der Waals surface area contributed by atoms with Crippen LogP contribution in [0, 0.1) is 11.8 Å². The van der Waals surface area contributed by atoms with E-state index in [-0.39, 0.29) is 12.1 Å². The van der Waals surface area contributed by atoms with Gasteiger partial charge in [0.2, 0.25) is 0 Å². The van der Waals surface area contributed by atoms with Gasteiger partial charge >= 0.3 is 6.09 Å². The highest BCUT2D eigenvalue weighted by atomic mass is 16.6. The summed E-state index contributed by atoms with van der Waals surface area (Å²) in [5, 5.41) is 0. The van der Waals surface area contributed by atoms with Crippen molar-refractivity contribution >= 4 is 6.09 Å². The zero-order chi connectivity index (χ0) is 13.3. The van der Waals surface area contributed by atoms with Gasteiger partial charge in [0, 0.05) is 19.1 Å². The van der Waals surface area contributed by atoms with Crippen molar-refractivity contribution in [1.82, 2.24) is 4.90 Å². The maximum absolute atomic E-state index is 12.1. The molecule has 1 saturated heterocycles. The van der Waals surface area contributed by atoms with Crippen LogP contribution in [0.1, 0.15) is 46.5 Å². The van der Waals surface area contributed by atoms with Crippen molar-refractivity contribution in [1.29, 1.82) is 0 Å². The van der Waals surface area contributed by atoms with E-state index in [9.17, 15) is 4.79 Å². The normalized spacial score (nSPS) is 29.2. The molecular formula is C14H26N2O2. The van der Waals surface area contributed by atoms with Gasteiger partial charge in [0.15, 0.2) is 0 Å². The molecule has 2 N–H and O–H groups in total. The number of ether oxygens (including phenoxy) is 1. The maximum Gasteiger partial charge on any atom is 0.410 e. The number of rotatable bonds is 2. The molecule has 0 aromatic rings. The van der Waals surface area contributed by atoms with Gasteiger partial charge in [0.1, 0.15) is 5.60 Å². The quantitative estimate of drug-likeness (QED) is 0.823. The lowest BCUT2D eigenvalue weighted by Gasteiger charge is -2.37. The lowest BCUT2D eigenvalue weighted by molar-refractivity contribution is 0.0136. The highest BCUT2D eigenvalue weighted by Crippen LogP contribution is 2.37. The second kappa shape index (κ2) is 5.08. The molecule has 1 heterocycles. The molecule has 0 bridgehead atoms. The Labute approximate surface area is 110 Å². The Hall–Kier alpha value is -0.770. The summed E-state index contributed by atoms with van der Waals surface area (Å²) in [6.45, 7) is 7.15. The van der Waals surface area contributed by atoms with Crippen molar-refractivity contribution in [2.24, 2.45) is 17.6 Å². The molecule has 4 heteroatoms. The van der Waals surface area contributed by atoms with Gasteiger partial charge in [0.05, 0.1) is 0 Å². The fourth-order valence-corrected chi connectivity index (χ4v) is 2.72. The van der Waals surface area contributed by atoms with Crippen molar-refractivity contribution in [3.63, 3.8) is 0 Å². The van der Waals surface area contributed by atoms with E-state index >= 15 is 0 Å². The van der Waals surface area contributed by atoms with E-state index in [2.05, 4.69) is 0 Å². The Morgan fingerprint density at radius 1 is 1.28 bits per heavy atom. The largest absolute Gasteiger partial charge is 0.444 e. The second-order valence-electron chi connectivity index (χ2n) is 6.93. The van der Waals surface area contributed by atoms with Gasteiger partial charge in [-0.05, 0) is 45.4 Å². The smallest absolute Gasteiger partial charge is 0.410 e. The van der Waals surface area contributed by atoms with Crippen LogP contribution in [0.15, 0.2) is 0 Å². The summed E-state index contributed by atoms with van der Waals surface area (Å²) in [4.78, 5) is 13.9. The van der Waals surface area contributed by atoms with E-state index in [1.807, 2.05) is 20.8 Å². The summed E-state index contributed by atoms with van der Waals surface area (Å²) in [6.07, 6.45) is 4.79. The first kappa shape index (κ1) is 13.7. The molecule has 2 rings (SSSR count). The molecule has 104 valence electrons. The van der Waals surface area contributed by atoms with Gasteiger partial charge < -0.3 is 15.4 Å². The number of amides is 1. The van der Waals surface area contributed by atoms with Crippen LogP contribution in [0.3, 0.4) is 0 Å². The van der Waals surface area contributed by atoms with E-state index in [1.165, 1.54) is 19.3 Å². The third-order valence-electron chi connectivity index (χ3n) is 3.58. The van der Waals surface area contributed by atoms with Crippen LogP contribution in [0.25, 0.3) is 0 Å². The lowest BCUT2D eigenvalue weighted by atomic mass is 9.90. The van der Waals surface area contributed by atoms with Crippen LogP contribution >= 0.6 is 0 Å². The Morgan fingerprint density at radius 3 is 2.50 bits per heavy atom. The minimum absolute atomic E-state index is 0.106. The summed E-state index contributed by atoms with van der Waals surface area (Å²) in [6, 6.07) is 0.106. The first-order chi connectivity index (χ1) is 8.33. The molecule has 1 amide bonds. The number of hydrogen-bond donors (Lipinski definition) is 1. The summed E-state index contributed by atoms with van der Waals surface area (Å²) in [5.74, 6) is 1.45. The van der Waals surface area contributed by atoms with Crippen molar-refractivity contribution in [2.75, 3.05) is 13.1 Å².